The van der Waals surface area contributed by atoms with E-state index in [2.05, 4.69) is 31.8 Å². The molecule has 0 aliphatic carbocycles. The number of aryl methyl sites for hydroxylation is 1. The topological polar surface area (TPSA) is 117 Å². The number of benzene rings is 1. The molecule has 0 aliphatic heterocycles. The molecule has 4 N–H and O–H groups in total. The number of nitrogen functional groups attached to an aromatic ring is 1. The van der Waals surface area contributed by atoms with Crippen molar-refractivity contribution in [2.45, 2.75) is 19.4 Å². The number of hydrogen-bond donors (Lipinski definition) is 3. The lowest BCUT2D eigenvalue weighted by Gasteiger charge is -2.11. The summed E-state index contributed by atoms with van der Waals surface area (Å²) in [6, 6.07) is 13.7. The smallest absolute Gasteiger partial charge is 0.191 e. The normalized spacial score (nSPS) is 11.2. The van der Waals surface area contributed by atoms with E-state index < -0.39 is 0 Å². The molecule has 0 saturated carbocycles. The molecule has 2 heterocycles. The third-order valence-electron chi connectivity index (χ3n) is 4.45. The first-order valence-corrected chi connectivity index (χ1v) is 9.50. The van der Waals surface area contributed by atoms with Gasteiger partial charge in [-0.15, -0.1) is 0 Å². The molecule has 30 heavy (non-hydrogen) atoms. The zero-order valence-electron chi connectivity index (χ0n) is 16.6. The molecule has 8 nitrogen and oxygen atoms in total. The highest BCUT2D eigenvalue weighted by Gasteiger charge is 2.16. The molecular formula is C21H23FN8. The third kappa shape index (κ3) is 5.11. The highest BCUT2D eigenvalue weighted by atomic mass is 19.1. The fourth-order valence-electron chi connectivity index (χ4n) is 2.91. The second kappa shape index (κ2) is 10.0. The summed E-state index contributed by atoms with van der Waals surface area (Å²) in [7, 11) is 1.70. The van der Waals surface area contributed by atoms with Crippen molar-refractivity contribution >= 4 is 11.8 Å². The van der Waals surface area contributed by atoms with Gasteiger partial charge in [0.25, 0.3) is 0 Å². The maximum atomic E-state index is 13.2. The molecule has 0 radical (unpaired) electrons. The van der Waals surface area contributed by atoms with Crippen LogP contribution in [0.5, 0.6) is 0 Å². The molecule has 0 fully saturated rings. The zero-order chi connectivity index (χ0) is 21.3. The molecule has 3 rings (SSSR count). The van der Waals surface area contributed by atoms with Gasteiger partial charge in [-0.25, -0.2) is 9.07 Å². The lowest BCUT2D eigenvalue weighted by Crippen LogP contribution is -2.37. The maximum absolute atomic E-state index is 13.2. The summed E-state index contributed by atoms with van der Waals surface area (Å²) < 4.78 is 14.6. The molecule has 3 aromatic rings. The van der Waals surface area contributed by atoms with Crippen molar-refractivity contribution in [3.63, 3.8) is 0 Å². The predicted molar refractivity (Wildman–Crippen MR) is 113 cm³/mol. The van der Waals surface area contributed by atoms with Crippen molar-refractivity contribution in [1.29, 1.82) is 5.26 Å². The van der Waals surface area contributed by atoms with Crippen LogP contribution in [0, 0.1) is 17.1 Å². The third-order valence-corrected chi connectivity index (χ3v) is 4.45. The Kier molecular flexibility index (Phi) is 6.95. The zero-order valence-corrected chi connectivity index (χ0v) is 16.6. The monoisotopic (exact) mass is 406 g/mol. The Balaban J connectivity index is 1.56. The van der Waals surface area contributed by atoms with Crippen molar-refractivity contribution in [1.82, 2.24) is 25.4 Å². The Bertz CT molecular complexity index is 1040. The number of aliphatic imine (C=N–C) groups is 1. The van der Waals surface area contributed by atoms with E-state index >= 15 is 0 Å². The molecule has 0 aliphatic rings. The number of nitriles is 1. The van der Waals surface area contributed by atoms with E-state index in [-0.39, 0.29) is 11.6 Å². The van der Waals surface area contributed by atoms with Crippen LogP contribution in [0.4, 0.5) is 10.2 Å². The number of nitrogens with one attached hydrogen (secondary N) is 2. The highest BCUT2D eigenvalue weighted by molar-refractivity contribution is 5.79. The summed E-state index contributed by atoms with van der Waals surface area (Å²) in [5.41, 5.74) is 8.56. The summed E-state index contributed by atoms with van der Waals surface area (Å²) in [6.07, 6.45) is 3.03. The Labute approximate surface area is 174 Å². The van der Waals surface area contributed by atoms with E-state index in [0.29, 0.717) is 42.4 Å². The molecule has 2 aromatic heterocycles. The molecular weight excluding hydrogens is 383 g/mol. The van der Waals surface area contributed by atoms with Gasteiger partial charge in [0.1, 0.15) is 23.3 Å². The van der Waals surface area contributed by atoms with Crippen LogP contribution in [0.3, 0.4) is 0 Å². The van der Waals surface area contributed by atoms with E-state index in [1.807, 2.05) is 18.2 Å². The molecule has 0 bridgehead atoms. The van der Waals surface area contributed by atoms with Crippen LogP contribution in [0.1, 0.15) is 23.4 Å². The van der Waals surface area contributed by atoms with Crippen LogP contribution in [0.15, 0.2) is 53.7 Å². The molecule has 0 saturated heterocycles. The summed E-state index contributed by atoms with van der Waals surface area (Å²) in [5.74, 6) is 0.568. The maximum Gasteiger partial charge on any atom is 0.191 e. The van der Waals surface area contributed by atoms with Crippen LogP contribution < -0.4 is 16.4 Å². The number of anilines is 1. The van der Waals surface area contributed by atoms with E-state index in [9.17, 15) is 9.65 Å². The first-order valence-electron chi connectivity index (χ1n) is 9.50. The number of guanidine groups is 1. The second-order valence-electron chi connectivity index (χ2n) is 6.48. The van der Waals surface area contributed by atoms with Crippen molar-refractivity contribution < 1.29 is 4.39 Å². The first kappa shape index (κ1) is 20.8. The van der Waals surface area contributed by atoms with Gasteiger partial charge >= 0.3 is 0 Å². The van der Waals surface area contributed by atoms with Crippen LogP contribution in [-0.4, -0.2) is 34.3 Å². The van der Waals surface area contributed by atoms with E-state index in [1.54, 1.807) is 25.4 Å². The predicted octanol–water partition coefficient (Wildman–Crippen LogP) is 2.16. The fraction of sp³-hybridized carbons (Fsp3) is 0.238. The van der Waals surface area contributed by atoms with Crippen molar-refractivity contribution in [2.75, 3.05) is 19.3 Å². The molecule has 0 spiro atoms. The molecule has 1 aromatic carbocycles. The number of hydrogen-bond acceptors (Lipinski definition) is 5. The quantitative estimate of drug-likeness (QED) is 0.314. The Hall–Kier alpha value is -3.93. The molecule has 0 amide bonds. The molecule has 9 heteroatoms. The van der Waals surface area contributed by atoms with Gasteiger partial charge in [0.15, 0.2) is 5.96 Å². The van der Waals surface area contributed by atoms with Crippen molar-refractivity contribution in [2.24, 2.45) is 4.99 Å². The number of nitrogens with zero attached hydrogens (tertiary/aromatic N) is 5. The summed E-state index contributed by atoms with van der Waals surface area (Å²) in [4.78, 5) is 8.45. The van der Waals surface area contributed by atoms with Gasteiger partial charge < -0.3 is 16.4 Å². The van der Waals surface area contributed by atoms with Gasteiger partial charge in [-0.1, -0.05) is 6.07 Å². The number of rotatable bonds is 7. The lowest BCUT2D eigenvalue weighted by atomic mass is 10.1. The number of halogens is 1. The largest absolute Gasteiger partial charge is 0.382 e. The van der Waals surface area contributed by atoms with Gasteiger partial charge in [0.2, 0.25) is 0 Å². The first-order chi connectivity index (χ1) is 14.6. The van der Waals surface area contributed by atoms with Gasteiger partial charge in [0, 0.05) is 19.8 Å². The lowest BCUT2D eigenvalue weighted by molar-refractivity contribution is 0.627. The van der Waals surface area contributed by atoms with Gasteiger partial charge in [0.05, 0.1) is 23.6 Å². The number of aromatic nitrogens is 3. The average Bonchev–Trinajstić information content (AvgIpc) is 3.09. The summed E-state index contributed by atoms with van der Waals surface area (Å²) >= 11 is 0. The van der Waals surface area contributed by atoms with Crippen LogP contribution in [-0.2, 0) is 13.0 Å². The summed E-state index contributed by atoms with van der Waals surface area (Å²) in [5, 5.41) is 20.4. The van der Waals surface area contributed by atoms with Gasteiger partial charge in [-0.3, -0.25) is 9.98 Å². The Morgan fingerprint density at radius 1 is 1.23 bits per heavy atom. The van der Waals surface area contributed by atoms with Crippen LogP contribution in [0.2, 0.25) is 0 Å². The van der Waals surface area contributed by atoms with E-state index in [0.717, 1.165) is 12.1 Å². The second-order valence-corrected chi connectivity index (χ2v) is 6.48. The minimum Gasteiger partial charge on any atom is -0.382 e. The SMILES string of the molecule is CN=C(NCCCc1nn(-c2ccc(F)cc2)c(N)c1C#N)NCc1ccccn1. The summed E-state index contributed by atoms with van der Waals surface area (Å²) in [6.45, 7) is 1.20. The molecule has 0 unspecified atom stereocenters. The minimum atomic E-state index is -0.346. The Morgan fingerprint density at radius 3 is 2.70 bits per heavy atom. The Morgan fingerprint density at radius 2 is 2.03 bits per heavy atom. The van der Waals surface area contributed by atoms with Gasteiger partial charge in [-0.05, 0) is 49.2 Å². The van der Waals surface area contributed by atoms with Crippen LogP contribution >= 0.6 is 0 Å². The highest BCUT2D eigenvalue weighted by Crippen LogP contribution is 2.21. The van der Waals surface area contributed by atoms with Gasteiger partial charge in [-0.2, -0.15) is 10.4 Å². The van der Waals surface area contributed by atoms with Crippen molar-refractivity contribution in [3.05, 3.63) is 71.4 Å². The van der Waals surface area contributed by atoms with E-state index in [1.165, 1.54) is 16.8 Å². The molecule has 154 valence electrons. The fourth-order valence-corrected chi connectivity index (χ4v) is 2.91. The van der Waals surface area contributed by atoms with E-state index in [4.69, 9.17) is 5.73 Å². The van der Waals surface area contributed by atoms with Crippen molar-refractivity contribution in [3.8, 4) is 11.8 Å². The van der Waals surface area contributed by atoms with Crippen LogP contribution in [0.25, 0.3) is 5.69 Å². The number of pyridine rings is 1. The average molecular weight is 406 g/mol. The standard InChI is InChI=1S/C21H23FN8/c1-25-21(28-14-16-5-2-3-11-26-16)27-12-4-6-19-18(13-23)20(24)30(29-19)17-9-7-15(22)8-10-17/h2-3,5,7-11H,4,6,12,14,24H2,1H3,(H2,25,27,28). The molecule has 0 atom stereocenters. The minimum absolute atomic E-state index is 0.250. The number of nitrogens with two attached hydrogens (primary N) is 1.